The van der Waals surface area contributed by atoms with Crippen LogP contribution >= 0.6 is 11.6 Å². The van der Waals surface area contributed by atoms with Gasteiger partial charge in [0.15, 0.2) is 0 Å². The van der Waals surface area contributed by atoms with Gasteiger partial charge in [-0.05, 0) is 55.1 Å². The van der Waals surface area contributed by atoms with Crippen molar-refractivity contribution in [2.45, 2.75) is 38.1 Å². The van der Waals surface area contributed by atoms with Crippen LogP contribution in [0.1, 0.15) is 31.2 Å². The molecule has 0 aromatic heterocycles. The maximum absolute atomic E-state index is 6.24. The first-order valence-corrected chi connectivity index (χ1v) is 7.35. The van der Waals surface area contributed by atoms with Crippen molar-refractivity contribution in [2.75, 3.05) is 0 Å². The maximum atomic E-state index is 6.24. The largest absolute Gasteiger partial charge is 0.271 e. The number of halogens is 1. The molecule has 0 spiro atoms. The third-order valence-corrected chi connectivity index (χ3v) is 5.29. The van der Waals surface area contributed by atoms with Gasteiger partial charge in [0.05, 0.1) is 0 Å². The lowest BCUT2D eigenvalue weighted by Gasteiger charge is -2.30. The second-order valence-corrected chi connectivity index (χ2v) is 6.31. The Balaban J connectivity index is 1.72. The molecule has 2 nitrogen and oxygen atoms in total. The Morgan fingerprint density at radius 2 is 2.11 bits per heavy atom. The van der Waals surface area contributed by atoms with Crippen molar-refractivity contribution in [3.8, 4) is 0 Å². The number of rotatable bonds is 4. The van der Waals surface area contributed by atoms with E-state index >= 15 is 0 Å². The molecule has 1 aromatic rings. The van der Waals surface area contributed by atoms with E-state index in [9.17, 15) is 0 Å². The highest BCUT2D eigenvalue weighted by atomic mass is 35.5. The van der Waals surface area contributed by atoms with Crippen LogP contribution in [0.2, 0.25) is 5.02 Å². The highest BCUT2D eigenvalue weighted by Crippen LogP contribution is 2.49. The lowest BCUT2D eigenvalue weighted by molar-refractivity contribution is 0.248. The minimum absolute atomic E-state index is 0.375. The van der Waals surface area contributed by atoms with E-state index in [2.05, 4.69) is 17.6 Å². The first-order chi connectivity index (χ1) is 8.78. The van der Waals surface area contributed by atoms with E-state index in [-0.39, 0.29) is 0 Å². The Labute approximate surface area is 114 Å². The molecule has 3 rings (SSSR count). The van der Waals surface area contributed by atoms with Gasteiger partial charge in [0, 0.05) is 11.1 Å². The average molecular weight is 265 g/mol. The molecule has 3 N–H and O–H groups in total. The fourth-order valence-electron chi connectivity index (χ4n) is 4.02. The zero-order valence-electron chi connectivity index (χ0n) is 10.6. The molecule has 4 atom stereocenters. The molecule has 1 aromatic carbocycles. The summed E-state index contributed by atoms with van der Waals surface area (Å²) < 4.78 is 0. The summed E-state index contributed by atoms with van der Waals surface area (Å²) >= 11 is 6.24. The fraction of sp³-hybridized carbons (Fsp3) is 0.600. The number of nitrogens with one attached hydrogen (secondary N) is 1. The molecule has 0 heterocycles. The first kappa shape index (κ1) is 12.5. The van der Waals surface area contributed by atoms with Crippen molar-refractivity contribution in [1.82, 2.24) is 5.43 Å². The Hall–Kier alpha value is -0.570. The second-order valence-electron chi connectivity index (χ2n) is 5.91. The standard InChI is InChI=1S/C15H21ClN2/c16-14-4-2-1-3-12(14)9-15(18-17)13-8-10-5-6-11(13)7-10/h1-4,10-11,13,15,18H,5-9,17H2. The maximum Gasteiger partial charge on any atom is 0.0438 e. The molecule has 0 saturated heterocycles. The van der Waals surface area contributed by atoms with Crippen molar-refractivity contribution in [3.63, 3.8) is 0 Å². The number of hydrogen-bond donors (Lipinski definition) is 2. The molecule has 4 unspecified atom stereocenters. The summed E-state index contributed by atoms with van der Waals surface area (Å²) in [5, 5.41) is 0.862. The molecule has 2 saturated carbocycles. The van der Waals surface area contributed by atoms with Crippen LogP contribution in [0.4, 0.5) is 0 Å². The lowest BCUT2D eigenvalue weighted by atomic mass is 9.81. The number of fused-ring (bicyclic) bond motifs is 2. The van der Waals surface area contributed by atoms with Crippen LogP contribution in [0.25, 0.3) is 0 Å². The van der Waals surface area contributed by atoms with Crippen molar-refractivity contribution in [2.24, 2.45) is 23.6 Å². The van der Waals surface area contributed by atoms with Gasteiger partial charge in [-0.1, -0.05) is 36.2 Å². The van der Waals surface area contributed by atoms with E-state index in [1.54, 1.807) is 0 Å². The lowest BCUT2D eigenvalue weighted by Crippen LogP contribution is -2.44. The molecule has 2 bridgehead atoms. The molecular formula is C15H21ClN2. The van der Waals surface area contributed by atoms with Crippen LogP contribution < -0.4 is 11.3 Å². The number of hydrogen-bond acceptors (Lipinski definition) is 2. The van der Waals surface area contributed by atoms with Crippen molar-refractivity contribution < 1.29 is 0 Å². The minimum Gasteiger partial charge on any atom is -0.271 e. The number of benzene rings is 1. The third-order valence-electron chi connectivity index (χ3n) is 4.92. The van der Waals surface area contributed by atoms with Gasteiger partial charge in [-0.3, -0.25) is 11.3 Å². The van der Waals surface area contributed by atoms with Gasteiger partial charge >= 0.3 is 0 Å². The van der Waals surface area contributed by atoms with E-state index in [0.29, 0.717) is 6.04 Å². The van der Waals surface area contributed by atoms with Crippen molar-refractivity contribution in [3.05, 3.63) is 34.9 Å². The molecule has 0 radical (unpaired) electrons. The quantitative estimate of drug-likeness (QED) is 0.648. The van der Waals surface area contributed by atoms with Crippen LogP contribution in [0, 0.1) is 17.8 Å². The van der Waals surface area contributed by atoms with Crippen LogP contribution in [0.3, 0.4) is 0 Å². The molecular weight excluding hydrogens is 244 g/mol. The molecule has 0 amide bonds. The Morgan fingerprint density at radius 1 is 1.28 bits per heavy atom. The molecule has 98 valence electrons. The Kier molecular flexibility index (Phi) is 3.60. The van der Waals surface area contributed by atoms with Gasteiger partial charge in [0.1, 0.15) is 0 Å². The topological polar surface area (TPSA) is 38.0 Å². The predicted molar refractivity (Wildman–Crippen MR) is 75.2 cm³/mol. The molecule has 0 aliphatic heterocycles. The van der Waals surface area contributed by atoms with Gasteiger partial charge in [-0.15, -0.1) is 0 Å². The van der Waals surface area contributed by atoms with Crippen molar-refractivity contribution >= 4 is 11.6 Å². The average Bonchev–Trinajstić information content (AvgIpc) is 3.00. The van der Waals surface area contributed by atoms with E-state index in [0.717, 1.165) is 29.2 Å². The summed E-state index contributed by atoms with van der Waals surface area (Å²) in [5.74, 6) is 8.38. The predicted octanol–water partition coefficient (Wildman–Crippen LogP) is 3.15. The summed E-state index contributed by atoms with van der Waals surface area (Å²) in [6, 6.07) is 8.48. The Morgan fingerprint density at radius 3 is 2.72 bits per heavy atom. The normalized spacial score (nSPS) is 31.8. The zero-order valence-corrected chi connectivity index (χ0v) is 11.4. The van der Waals surface area contributed by atoms with E-state index in [1.165, 1.54) is 31.2 Å². The molecule has 2 aliphatic carbocycles. The van der Waals surface area contributed by atoms with Gasteiger partial charge in [-0.25, -0.2) is 0 Å². The smallest absolute Gasteiger partial charge is 0.0438 e. The van der Waals surface area contributed by atoms with Crippen molar-refractivity contribution in [1.29, 1.82) is 0 Å². The highest BCUT2D eigenvalue weighted by molar-refractivity contribution is 6.31. The van der Waals surface area contributed by atoms with Gasteiger partial charge in [-0.2, -0.15) is 0 Å². The molecule has 2 aliphatic rings. The highest BCUT2D eigenvalue weighted by Gasteiger charge is 2.42. The summed E-state index contributed by atoms with van der Waals surface area (Å²) in [5.41, 5.74) is 4.26. The van der Waals surface area contributed by atoms with Gasteiger partial charge in [0.2, 0.25) is 0 Å². The van der Waals surface area contributed by atoms with E-state index in [4.69, 9.17) is 17.4 Å². The summed E-state index contributed by atoms with van der Waals surface area (Å²) in [6.45, 7) is 0. The first-order valence-electron chi connectivity index (χ1n) is 6.97. The Bertz CT molecular complexity index is 421. The number of nitrogens with two attached hydrogens (primary N) is 1. The SMILES string of the molecule is NNC(Cc1ccccc1Cl)C1CC2CCC1C2. The zero-order chi connectivity index (χ0) is 12.5. The molecule has 3 heteroatoms. The van der Waals surface area contributed by atoms with E-state index < -0.39 is 0 Å². The number of hydrazine groups is 1. The van der Waals surface area contributed by atoms with E-state index in [1.807, 2.05) is 12.1 Å². The van der Waals surface area contributed by atoms with Gasteiger partial charge in [0.25, 0.3) is 0 Å². The van der Waals surface area contributed by atoms with Crippen LogP contribution in [0.5, 0.6) is 0 Å². The van der Waals surface area contributed by atoms with Crippen LogP contribution in [-0.4, -0.2) is 6.04 Å². The fourth-order valence-corrected chi connectivity index (χ4v) is 4.23. The summed E-state index contributed by atoms with van der Waals surface area (Å²) in [6.07, 6.45) is 6.56. The van der Waals surface area contributed by atoms with Gasteiger partial charge < -0.3 is 0 Å². The summed E-state index contributed by atoms with van der Waals surface area (Å²) in [7, 11) is 0. The second kappa shape index (κ2) is 5.20. The minimum atomic E-state index is 0.375. The third kappa shape index (κ3) is 2.29. The molecule has 18 heavy (non-hydrogen) atoms. The summed E-state index contributed by atoms with van der Waals surface area (Å²) in [4.78, 5) is 0. The molecule has 2 fully saturated rings. The van der Waals surface area contributed by atoms with Crippen LogP contribution in [-0.2, 0) is 6.42 Å². The van der Waals surface area contributed by atoms with Crippen LogP contribution in [0.15, 0.2) is 24.3 Å². The monoisotopic (exact) mass is 264 g/mol.